The van der Waals surface area contributed by atoms with Gasteiger partial charge in [-0.2, -0.15) is 0 Å². The minimum Gasteiger partial charge on any atom is -0.490 e. The van der Waals surface area contributed by atoms with Crippen LogP contribution in [0.2, 0.25) is 0 Å². The molecule has 0 saturated carbocycles. The number of hydrogen-bond acceptors (Lipinski definition) is 3. The fourth-order valence-corrected chi connectivity index (χ4v) is 3.39. The average Bonchev–Trinajstić information content (AvgIpc) is 2.84. The number of ether oxygens (including phenoxy) is 2. The number of alkyl halides is 2. The quantitative estimate of drug-likeness (QED) is 0.155. The predicted octanol–water partition coefficient (Wildman–Crippen LogP) is 7.26. The topological polar surface area (TPSA) is 35.5 Å². The summed E-state index contributed by atoms with van der Waals surface area (Å²) < 4.78 is 38.6. The first-order valence-electron chi connectivity index (χ1n) is 11.5. The Balaban J connectivity index is 1.51. The summed E-state index contributed by atoms with van der Waals surface area (Å²) in [4.78, 5) is 10.9. The lowest BCUT2D eigenvalue weighted by Crippen LogP contribution is -2.24. The van der Waals surface area contributed by atoms with Crippen molar-refractivity contribution in [2.75, 3.05) is 13.2 Å². The fraction of sp³-hybridized carbons (Fsp3) is 0.444. The van der Waals surface area contributed by atoms with Crippen LogP contribution in [0.5, 0.6) is 5.75 Å². The van der Waals surface area contributed by atoms with Crippen LogP contribution in [0.25, 0.3) is 11.1 Å². The number of rotatable bonds is 16. The number of benzene rings is 2. The average molecular weight is 445 g/mol. The van der Waals surface area contributed by atoms with E-state index in [-0.39, 0.29) is 19.0 Å². The maximum Gasteiger partial charge on any atom is 0.330 e. The molecule has 2 aromatic rings. The highest BCUT2D eigenvalue weighted by Crippen LogP contribution is 2.23. The van der Waals surface area contributed by atoms with E-state index >= 15 is 0 Å². The van der Waals surface area contributed by atoms with Crippen molar-refractivity contribution in [3.63, 3.8) is 0 Å². The zero-order valence-electron chi connectivity index (χ0n) is 18.7. The van der Waals surface area contributed by atoms with Gasteiger partial charge in [0, 0.05) is 6.08 Å². The third-order valence-electron chi connectivity index (χ3n) is 5.30. The number of unbranched alkanes of at least 4 members (excludes halogenated alkanes) is 6. The minimum absolute atomic E-state index is 0.217. The van der Waals surface area contributed by atoms with E-state index in [1.54, 1.807) is 12.1 Å². The van der Waals surface area contributed by atoms with Gasteiger partial charge in [0.05, 0.1) is 6.61 Å². The van der Waals surface area contributed by atoms with Gasteiger partial charge in [0.15, 0.2) is 6.17 Å². The first kappa shape index (κ1) is 25.6. The SMILES string of the molecule is C=CC(=O)OCCCCCCCCCC(F)C(F)COc1ccc(-c2ccccc2)cc1. The van der Waals surface area contributed by atoms with Crippen LogP contribution in [0.4, 0.5) is 8.78 Å². The van der Waals surface area contributed by atoms with Crippen molar-refractivity contribution >= 4 is 5.97 Å². The van der Waals surface area contributed by atoms with Gasteiger partial charge < -0.3 is 9.47 Å². The van der Waals surface area contributed by atoms with Crippen LogP contribution in [-0.2, 0) is 9.53 Å². The minimum atomic E-state index is -1.62. The van der Waals surface area contributed by atoms with E-state index in [1.807, 2.05) is 42.5 Å². The molecule has 0 radical (unpaired) electrons. The molecule has 0 spiro atoms. The van der Waals surface area contributed by atoms with Crippen LogP contribution in [0.3, 0.4) is 0 Å². The van der Waals surface area contributed by atoms with Crippen molar-refractivity contribution in [1.82, 2.24) is 0 Å². The molecule has 5 heteroatoms. The molecule has 2 rings (SSSR count). The second-order valence-corrected chi connectivity index (χ2v) is 7.87. The zero-order valence-corrected chi connectivity index (χ0v) is 18.7. The van der Waals surface area contributed by atoms with Crippen LogP contribution >= 0.6 is 0 Å². The third-order valence-corrected chi connectivity index (χ3v) is 5.30. The smallest absolute Gasteiger partial charge is 0.330 e. The van der Waals surface area contributed by atoms with Crippen molar-refractivity contribution in [2.45, 2.75) is 63.7 Å². The van der Waals surface area contributed by atoms with Crippen molar-refractivity contribution in [1.29, 1.82) is 0 Å². The highest BCUT2D eigenvalue weighted by Gasteiger charge is 2.20. The lowest BCUT2D eigenvalue weighted by molar-refractivity contribution is -0.137. The molecule has 0 saturated heterocycles. The van der Waals surface area contributed by atoms with Crippen molar-refractivity contribution < 1.29 is 23.0 Å². The van der Waals surface area contributed by atoms with Gasteiger partial charge in [-0.1, -0.05) is 87.6 Å². The molecule has 32 heavy (non-hydrogen) atoms. The van der Waals surface area contributed by atoms with Crippen LogP contribution in [0.15, 0.2) is 67.3 Å². The molecule has 2 atom stereocenters. The molecule has 0 aromatic heterocycles. The highest BCUT2D eigenvalue weighted by molar-refractivity contribution is 5.81. The van der Waals surface area contributed by atoms with Gasteiger partial charge in [-0.25, -0.2) is 13.6 Å². The molecular weight excluding hydrogens is 410 g/mol. The molecule has 2 unspecified atom stereocenters. The van der Waals surface area contributed by atoms with Gasteiger partial charge in [-0.05, 0) is 36.1 Å². The molecule has 0 aliphatic heterocycles. The van der Waals surface area contributed by atoms with E-state index in [0.717, 1.165) is 55.7 Å². The number of halogens is 2. The molecule has 0 heterocycles. The molecule has 0 N–H and O–H groups in total. The molecule has 174 valence electrons. The Morgan fingerprint density at radius 2 is 1.41 bits per heavy atom. The van der Waals surface area contributed by atoms with Gasteiger partial charge in [-0.3, -0.25) is 0 Å². The Hall–Kier alpha value is -2.69. The number of hydrogen-bond donors (Lipinski definition) is 0. The summed E-state index contributed by atoms with van der Waals surface area (Å²) >= 11 is 0. The van der Waals surface area contributed by atoms with E-state index in [2.05, 4.69) is 6.58 Å². The van der Waals surface area contributed by atoms with E-state index in [0.29, 0.717) is 18.8 Å². The van der Waals surface area contributed by atoms with Gasteiger partial charge >= 0.3 is 5.97 Å². The molecule has 0 aliphatic rings. The maximum atomic E-state index is 14.1. The van der Waals surface area contributed by atoms with Gasteiger partial charge in [0.2, 0.25) is 0 Å². The Kier molecular flexibility index (Phi) is 12.1. The second kappa shape index (κ2) is 15.2. The standard InChI is InChI=1S/C27H34F2O3/c1-2-27(30)31-20-12-7-5-3-4-6-11-15-25(28)26(29)21-32-24-18-16-23(17-19-24)22-13-9-8-10-14-22/h2,8-10,13-14,16-19,25-26H,1,3-7,11-12,15,20-21H2. The largest absolute Gasteiger partial charge is 0.490 e. The predicted molar refractivity (Wildman–Crippen MR) is 125 cm³/mol. The van der Waals surface area contributed by atoms with E-state index < -0.39 is 12.3 Å². The molecule has 0 aliphatic carbocycles. The summed E-state index contributed by atoms with van der Waals surface area (Å²) in [6.45, 7) is 3.49. The third kappa shape index (κ3) is 10.1. The number of esters is 1. The van der Waals surface area contributed by atoms with Gasteiger partial charge in [0.1, 0.15) is 18.5 Å². The Morgan fingerprint density at radius 1 is 0.812 bits per heavy atom. The summed E-state index contributed by atoms with van der Waals surface area (Å²) in [6, 6.07) is 17.3. The molecule has 0 bridgehead atoms. The maximum absolute atomic E-state index is 14.1. The molecule has 0 fully saturated rings. The van der Waals surface area contributed by atoms with Crippen molar-refractivity contribution in [2.24, 2.45) is 0 Å². The zero-order chi connectivity index (χ0) is 23.0. The van der Waals surface area contributed by atoms with Gasteiger partial charge in [0.25, 0.3) is 0 Å². The Morgan fingerprint density at radius 3 is 2.06 bits per heavy atom. The lowest BCUT2D eigenvalue weighted by Gasteiger charge is -2.15. The number of carbonyl (C=O) groups is 1. The first-order valence-corrected chi connectivity index (χ1v) is 11.5. The Labute approximate surface area is 190 Å². The Bertz CT molecular complexity index is 777. The molecular formula is C27H34F2O3. The van der Waals surface area contributed by atoms with E-state index in [4.69, 9.17) is 9.47 Å². The molecule has 3 nitrogen and oxygen atoms in total. The van der Waals surface area contributed by atoms with Crippen molar-refractivity contribution in [3.05, 3.63) is 67.3 Å². The summed E-state index contributed by atoms with van der Waals surface area (Å²) in [6.07, 6.45) is 4.74. The summed E-state index contributed by atoms with van der Waals surface area (Å²) in [5.74, 6) is 0.155. The van der Waals surface area contributed by atoms with Crippen LogP contribution in [-0.4, -0.2) is 31.5 Å². The molecule has 2 aromatic carbocycles. The highest BCUT2D eigenvalue weighted by atomic mass is 19.2. The lowest BCUT2D eigenvalue weighted by atomic mass is 10.0. The summed E-state index contributed by atoms with van der Waals surface area (Å²) in [5.41, 5.74) is 2.15. The fourth-order valence-electron chi connectivity index (χ4n) is 3.39. The van der Waals surface area contributed by atoms with Crippen LogP contribution < -0.4 is 4.74 Å². The van der Waals surface area contributed by atoms with Gasteiger partial charge in [-0.15, -0.1) is 0 Å². The normalized spacial score (nSPS) is 12.7. The molecule has 0 amide bonds. The first-order chi connectivity index (χ1) is 15.6. The van der Waals surface area contributed by atoms with E-state index in [1.165, 1.54) is 0 Å². The monoisotopic (exact) mass is 444 g/mol. The number of carbonyl (C=O) groups excluding carboxylic acids is 1. The van der Waals surface area contributed by atoms with Crippen LogP contribution in [0.1, 0.15) is 51.4 Å². The van der Waals surface area contributed by atoms with E-state index in [9.17, 15) is 13.6 Å². The van der Waals surface area contributed by atoms with Crippen molar-refractivity contribution in [3.8, 4) is 16.9 Å². The van der Waals surface area contributed by atoms with Crippen LogP contribution in [0, 0.1) is 0 Å². The second-order valence-electron chi connectivity index (χ2n) is 7.87. The summed E-state index contributed by atoms with van der Waals surface area (Å²) in [7, 11) is 0. The summed E-state index contributed by atoms with van der Waals surface area (Å²) in [5, 5.41) is 0.